The maximum absolute atomic E-state index is 11.3. The molecule has 0 radical (unpaired) electrons. The van der Waals surface area contributed by atoms with Crippen molar-refractivity contribution < 1.29 is 14.3 Å². The smallest absolute Gasteiger partial charge is 0.247 e. The highest BCUT2D eigenvalue weighted by Crippen LogP contribution is 2.46. The Morgan fingerprint density at radius 3 is 2.39 bits per heavy atom. The number of hydrogen-bond donors (Lipinski definition) is 2. The lowest BCUT2D eigenvalue weighted by Gasteiger charge is -2.18. The molecule has 0 fully saturated rings. The van der Waals surface area contributed by atoms with Crippen LogP contribution in [0.25, 0.3) is 39.3 Å². The van der Waals surface area contributed by atoms with Gasteiger partial charge in [0.2, 0.25) is 17.7 Å². The lowest BCUT2D eigenvalue weighted by molar-refractivity contribution is 0.416. The number of rotatable bonds is 4. The first-order valence-electron chi connectivity index (χ1n) is 10.7. The molecule has 0 bridgehead atoms. The maximum atomic E-state index is 11.3. The molecule has 2 N–H and O–H groups in total. The summed E-state index contributed by atoms with van der Waals surface area (Å²) in [7, 11) is 1.64. The van der Waals surface area contributed by atoms with Crippen LogP contribution < -0.4 is 4.74 Å². The molecule has 3 heterocycles. The normalized spacial score (nSPS) is 11.9. The van der Waals surface area contributed by atoms with Crippen LogP contribution in [0.2, 0.25) is 0 Å². The van der Waals surface area contributed by atoms with Crippen LogP contribution in [0.15, 0.2) is 52.9 Å². The molecule has 8 nitrogen and oxygen atoms in total. The monoisotopic (exact) mass is 443 g/mol. The average Bonchev–Trinajstić information content (AvgIpc) is 3.49. The van der Waals surface area contributed by atoms with Gasteiger partial charge in [-0.2, -0.15) is 5.10 Å². The first-order chi connectivity index (χ1) is 15.8. The minimum Gasteiger partial charge on any atom is -0.496 e. The van der Waals surface area contributed by atoms with E-state index < -0.39 is 0 Å². The van der Waals surface area contributed by atoms with E-state index in [1.807, 2.05) is 53.1 Å². The number of methoxy groups -OCH3 is 1. The maximum Gasteiger partial charge on any atom is 0.247 e. The van der Waals surface area contributed by atoms with Crippen LogP contribution in [0, 0.1) is 6.92 Å². The zero-order chi connectivity index (χ0) is 23.3. The molecule has 0 unspecified atom stereocenters. The molecule has 8 heteroatoms. The molecule has 168 valence electrons. The van der Waals surface area contributed by atoms with Gasteiger partial charge in [-0.05, 0) is 36.4 Å². The van der Waals surface area contributed by atoms with E-state index in [1.54, 1.807) is 14.0 Å². The Balaban J connectivity index is 1.79. The average molecular weight is 444 g/mol. The van der Waals surface area contributed by atoms with E-state index in [0.717, 1.165) is 33.6 Å². The number of aryl methyl sites for hydroxylation is 1. The van der Waals surface area contributed by atoms with Gasteiger partial charge in [-0.1, -0.05) is 32.9 Å². The fourth-order valence-electron chi connectivity index (χ4n) is 4.12. The molecule has 0 spiro atoms. The number of nitrogens with one attached hydrogen (secondary N) is 1. The van der Waals surface area contributed by atoms with E-state index in [-0.39, 0.29) is 11.3 Å². The molecule has 33 heavy (non-hydrogen) atoms. The van der Waals surface area contributed by atoms with Crippen molar-refractivity contribution in [2.24, 2.45) is 0 Å². The number of aromatic nitrogens is 5. The molecular weight excluding hydrogens is 418 g/mol. The highest BCUT2D eigenvalue weighted by atomic mass is 16.5. The first-order valence-corrected chi connectivity index (χ1v) is 10.7. The fourth-order valence-corrected chi connectivity index (χ4v) is 4.12. The van der Waals surface area contributed by atoms with Gasteiger partial charge in [-0.25, -0.2) is 0 Å². The summed E-state index contributed by atoms with van der Waals surface area (Å²) in [6.45, 7) is 8.06. The number of fused-ring (bicyclic) bond motifs is 1. The summed E-state index contributed by atoms with van der Waals surface area (Å²) in [4.78, 5) is 0. The van der Waals surface area contributed by atoms with E-state index in [0.29, 0.717) is 23.0 Å². The van der Waals surface area contributed by atoms with Crippen molar-refractivity contribution in [1.82, 2.24) is 25.0 Å². The molecule has 5 rings (SSSR count). The number of aromatic amines is 1. The van der Waals surface area contributed by atoms with Crippen molar-refractivity contribution in [3.63, 3.8) is 0 Å². The van der Waals surface area contributed by atoms with Gasteiger partial charge in [-0.15, -0.1) is 10.2 Å². The van der Waals surface area contributed by atoms with Crippen LogP contribution in [-0.4, -0.2) is 37.2 Å². The second-order valence-corrected chi connectivity index (χ2v) is 8.95. The number of para-hydroxylation sites is 1. The summed E-state index contributed by atoms with van der Waals surface area (Å²) in [5.41, 5.74) is 4.44. The van der Waals surface area contributed by atoms with Gasteiger partial charge >= 0.3 is 0 Å². The Bertz CT molecular complexity index is 1450. The number of hydrogen-bond acceptors (Lipinski definition) is 6. The zero-order valence-electron chi connectivity index (χ0n) is 19.2. The zero-order valence-corrected chi connectivity index (χ0v) is 19.2. The SMILES string of the molecule is COc1ccccc1-c1c2c(C(C)(C)C)n[nH]c2c(O)n1-c1ccc(-c2nnc(C)o2)cc1. The summed E-state index contributed by atoms with van der Waals surface area (Å²) in [5.74, 6) is 1.74. The number of nitrogens with zero attached hydrogens (tertiary/aromatic N) is 4. The second-order valence-electron chi connectivity index (χ2n) is 8.95. The van der Waals surface area contributed by atoms with Gasteiger partial charge < -0.3 is 14.3 Å². The van der Waals surface area contributed by atoms with Gasteiger partial charge in [0, 0.05) is 29.2 Å². The van der Waals surface area contributed by atoms with Crippen LogP contribution in [-0.2, 0) is 5.41 Å². The Hall–Kier alpha value is -4.07. The predicted molar refractivity (Wildman–Crippen MR) is 126 cm³/mol. The Labute approximate surface area is 190 Å². The van der Waals surface area contributed by atoms with Crippen molar-refractivity contribution in [3.8, 4) is 40.0 Å². The number of aromatic hydroxyl groups is 1. The van der Waals surface area contributed by atoms with Crippen molar-refractivity contribution in [1.29, 1.82) is 0 Å². The minimum absolute atomic E-state index is 0.0790. The third-order valence-corrected chi connectivity index (χ3v) is 5.63. The lowest BCUT2D eigenvalue weighted by Crippen LogP contribution is -2.12. The second kappa shape index (κ2) is 7.51. The topological polar surface area (TPSA) is 102 Å². The number of ether oxygens (including phenoxy) is 1. The molecule has 0 aliphatic rings. The van der Waals surface area contributed by atoms with Crippen LogP contribution in [0.1, 0.15) is 32.4 Å². The van der Waals surface area contributed by atoms with Gasteiger partial charge in [0.05, 0.1) is 23.9 Å². The summed E-state index contributed by atoms with van der Waals surface area (Å²) < 4.78 is 13.0. The van der Waals surface area contributed by atoms with Crippen molar-refractivity contribution in [2.45, 2.75) is 33.1 Å². The summed E-state index contributed by atoms with van der Waals surface area (Å²) in [5, 5.41) is 27.8. The minimum atomic E-state index is -0.243. The Kier molecular flexibility index (Phi) is 4.74. The Morgan fingerprint density at radius 1 is 1.03 bits per heavy atom. The molecule has 0 aliphatic heterocycles. The third-order valence-electron chi connectivity index (χ3n) is 5.63. The fraction of sp³-hybridized carbons (Fsp3) is 0.240. The molecule has 0 atom stereocenters. The molecule has 2 aromatic carbocycles. The highest BCUT2D eigenvalue weighted by molar-refractivity contribution is 6.02. The lowest BCUT2D eigenvalue weighted by atomic mass is 9.89. The van der Waals surface area contributed by atoms with Gasteiger partial charge in [0.15, 0.2) is 0 Å². The van der Waals surface area contributed by atoms with E-state index in [9.17, 15) is 5.11 Å². The van der Waals surface area contributed by atoms with E-state index in [1.165, 1.54) is 0 Å². The van der Waals surface area contributed by atoms with Crippen LogP contribution >= 0.6 is 0 Å². The summed E-state index contributed by atoms with van der Waals surface area (Å²) in [6, 6.07) is 15.4. The molecule has 3 aromatic heterocycles. The van der Waals surface area contributed by atoms with Gasteiger partial charge in [0.1, 0.15) is 11.3 Å². The highest BCUT2D eigenvalue weighted by Gasteiger charge is 2.30. The third kappa shape index (κ3) is 3.34. The molecular formula is C25H25N5O3. The van der Waals surface area contributed by atoms with Crippen molar-refractivity contribution in [2.75, 3.05) is 7.11 Å². The standard InChI is InChI=1S/C25H25N5O3/c1-14-26-29-23(33-14)15-10-12-16(13-11-15)30-21(17-8-6-7-9-18(17)32-5)19-20(24(30)31)27-28-22(19)25(2,3)4/h6-13,27,31H,1-5H3. The van der Waals surface area contributed by atoms with E-state index >= 15 is 0 Å². The largest absolute Gasteiger partial charge is 0.496 e. The van der Waals surface area contributed by atoms with Gasteiger partial charge in [-0.3, -0.25) is 9.67 Å². The Morgan fingerprint density at radius 2 is 1.76 bits per heavy atom. The van der Waals surface area contributed by atoms with Gasteiger partial charge in [0.25, 0.3) is 0 Å². The molecule has 0 amide bonds. The first kappa shape index (κ1) is 20.8. The van der Waals surface area contributed by atoms with Crippen LogP contribution in [0.3, 0.4) is 0 Å². The summed E-state index contributed by atoms with van der Waals surface area (Å²) >= 11 is 0. The number of benzene rings is 2. The molecule has 5 aromatic rings. The van der Waals surface area contributed by atoms with Crippen LogP contribution in [0.4, 0.5) is 0 Å². The molecule has 0 saturated heterocycles. The molecule has 0 aliphatic carbocycles. The summed E-state index contributed by atoms with van der Waals surface area (Å²) in [6.07, 6.45) is 0. The van der Waals surface area contributed by atoms with Crippen molar-refractivity contribution in [3.05, 3.63) is 60.1 Å². The van der Waals surface area contributed by atoms with Crippen molar-refractivity contribution >= 4 is 10.9 Å². The van der Waals surface area contributed by atoms with E-state index in [2.05, 4.69) is 41.2 Å². The van der Waals surface area contributed by atoms with Crippen LogP contribution in [0.5, 0.6) is 11.6 Å². The van der Waals surface area contributed by atoms with E-state index in [4.69, 9.17) is 9.15 Å². The molecule has 0 saturated carbocycles. The predicted octanol–water partition coefficient (Wildman–Crippen LogP) is 5.39. The number of H-pyrrole nitrogens is 1. The quantitative estimate of drug-likeness (QED) is 0.386.